The minimum absolute atomic E-state index is 0.0691. The van der Waals surface area contributed by atoms with Gasteiger partial charge in [0.15, 0.2) is 0 Å². The number of hydrogen-bond acceptors (Lipinski definition) is 5. The third kappa shape index (κ3) is 3.28. The lowest BCUT2D eigenvalue weighted by atomic mass is 10.2. The SMILES string of the molecule is Cn1ccc(CCNc2cccc(S(N)(=O)=O)c2N)n1. The molecule has 0 aliphatic rings. The Bertz CT molecular complexity index is 708. The molecule has 0 fully saturated rings. The number of nitrogens with zero attached hydrogens (tertiary/aromatic N) is 2. The Labute approximate surface area is 117 Å². The number of rotatable bonds is 5. The molecule has 0 unspecified atom stereocenters. The largest absolute Gasteiger partial charge is 0.396 e. The zero-order valence-corrected chi connectivity index (χ0v) is 11.9. The summed E-state index contributed by atoms with van der Waals surface area (Å²) >= 11 is 0. The summed E-state index contributed by atoms with van der Waals surface area (Å²) in [5.74, 6) is 0. The molecule has 0 bridgehead atoms. The quantitative estimate of drug-likeness (QED) is 0.686. The minimum atomic E-state index is -3.81. The van der Waals surface area contributed by atoms with Crippen molar-refractivity contribution < 1.29 is 8.42 Å². The van der Waals surface area contributed by atoms with Crippen LogP contribution in [0.3, 0.4) is 0 Å². The molecule has 20 heavy (non-hydrogen) atoms. The second-order valence-electron chi connectivity index (χ2n) is 4.42. The van der Waals surface area contributed by atoms with E-state index >= 15 is 0 Å². The number of nitrogens with two attached hydrogens (primary N) is 2. The number of anilines is 2. The number of aromatic nitrogens is 2. The summed E-state index contributed by atoms with van der Waals surface area (Å²) in [6.45, 7) is 0.593. The van der Waals surface area contributed by atoms with Crippen molar-refractivity contribution in [2.24, 2.45) is 12.2 Å². The first-order valence-corrected chi connectivity index (χ1v) is 7.56. The highest BCUT2D eigenvalue weighted by Gasteiger charge is 2.14. The first kappa shape index (κ1) is 14.4. The number of benzene rings is 1. The van der Waals surface area contributed by atoms with Crippen molar-refractivity contribution >= 4 is 21.4 Å². The molecule has 5 N–H and O–H groups in total. The summed E-state index contributed by atoms with van der Waals surface area (Å²) in [5.41, 5.74) is 7.44. The van der Waals surface area contributed by atoms with E-state index in [0.29, 0.717) is 18.7 Å². The van der Waals surface area contributed by atoms with Crippen molar-refractivity contribution in [3.63, 3.8) is 0 Å². The van der Waals surface area contributed by atoms with E-state index in [1.165, 1.54) is 6.07 Å². The van der Waals surface area contributed by atoms with Crippen LogP contribution in [0.2, 0.25) is 0 Å². The fraction of sp³-hybridized carbons (Fsp3) is 0.250. The number of hydrogen-bond donors (Lipinski definition) is 3. The fourth-order valence-corrected chi connectivity index (χ4v) is 2.55. The third-order valence-electron chi connectivity index (χ3n) is 2.84. The van der Waals surface area contributed by atoms with Gasteiger partial charge in [0.25, 0.3) is 0 Å². The van der Waals surface area contributed by atoms with Crippen LogP contribution in [0.25, 0.3) is 0 Å². The lowest BCUT2D eigenvalue weighted by Gasteiger charge is -2.11. The van der Waals surface area contributed by atoms with Gasteiger partial charge in [-0.05, 0) is 18.2 Å². The Balaban J connectivity index is 2.07. The molecule has 1 heterocycles. The lowest BCUT2D eigenvalue weighted by molar-refractivity contribution is 0.598. The standard InChI is InChI=1S/C12H17N5O2S/c1-17-8-6-9(16-17)5-7-15-10-3-2-4-11(12(10)13)20(14,18)19/h2-4,6,8,15H,5,7,13H2,1H3,(H2,14,18,19). The molecule has 0 aliphatic heterocycles. The molecule has 7 nitrogen and oxygen atoms in total. The number of sulfonamides is 1. The van der Waals surface area contributed by atoms with Gasteiger partial charge in [-0.15, -0.1) is 0 Å². The van der Waals surface area contributed by atoms with Crippen LogP contribution in [0, 0.1) is 0 Å². The van der Waals surface area contributed by atoms with Crippen molar-refractivity contribution in [3.8, 4) is 0 Å². The Morgan fingerprint density at radius 1 is 1.35 bits per heavy atom. The van der Waals surface area contributed by atoms with E-state index in [2.05, 4.69) is 10.4 Å². The Morgan fingerprint density at radius 3 is 2.70 bits per heavy atom. The molecular weight excluding hydrogens is 278 g/mol. The molecule has 0 radical (unpaired) electrons. The van der Waals surface area contributed by atoms with Crippen LogP contribution in [-0.4, -0.2) is 24.7 Å². The summed E-state index contributed by atoms with van der Waals surface area (Å²) in [6.07, 6.45) is 2.57. The highest BCUT2D eigenvalue weighted by Crippen LogP contribution is 2.25. The van der Waals surface area contributed by atoms with Crippen LogP contribution in [-0.2, 0) is 23.5 Å². The van der Waals surface area contributed by atoms with Crippen LogP contribution >= 0.6 is 0 Å². The minimum Gasteiger partial charge on any atom is -0.396 e. The molecular formula is C12H17N5O2S. The van der Waals surface area contributed by atoms with Gasteiger partial charge in [-0.3, -0.25) is 4.68 Å². The molecule has 0 saturated heterocycles. The van der Waals surface area contributed by atoms with E-state index in [4.69, 9.17) is 10.9 Å². The van der Waals surface area contributed by atoms with Crippen molar-refractivity contribution in [2.45, 2.75) is 11.3 Å². The first-order chi connectivity index (χ1) is 9.38. The van der Waals surface area contributed by atoms with Crippen LogP contribution in [0.4, 0.5) is 11.4 Å². The summed E-state index contributed by atoms with van der Waals surface area (Å²) in [6, 6.07) is 6.61. The summed E-state index contributed by atoms with van der Waals surface area (Å²) in [4.78, 5) is -0.0691. The zero-order valence-electron chi connectivity index (χ0n) is 11.1. The van der Waals surface area contributed by atoms with Crippen LogP contribution in [0.15, 0.2) is 35.4 Å². The van der Waals surface area contributed by atoms with Crippen LogP contribution < -0.4 is 16.2 Å². The van der Waals surface area contributed by atoms with Gasteiger partial charge < -0.3 is 11.1 Å². The predicted octanol–water partition coefficient (Wildman–Crippen LogP) is 0.304. The predicted molar refractivity (Wildman–Crippen MR) is 77.6 cm³/mol. The zero-order chi connectivity index (χ0) is 14.8. The summed E-state index contributed by atoms with van der Waals surface area (Å²) < 4.78 is 24.4. The van der Waals surface area contributed by atoms with E-state index in [9.17, 15) is 8.42 Å². The molecule has 0 aliphatic carbocycles. The molecule has 0 atom stereocenters. The molecule has 0 saturated carbocycles. The van der Waals surface area contributed by atoms with Crippen molar-refractivity contribution in [1.29, 1.82) is 0 Å². The van der Waals surface area contributed by atoms with E-state index in [1.807, 2.05) is 19.3 Å². The van der Waals surface area contributed by atoms with Crippen LogP contribution in [0.5, 0.6) is 0 Å². The van der Waals surface area contributed by atoms with Gasteiger partial charge in [-0.25, -0.2) is 13.6 Å². The number of nitrogen functional groups attached to an aromatic ring is 1. The van der Waals surface area contributed by atoms with Gasteiger partial charge in [-0.1, -0.05) is 6.07 Å². The second kappa shape index (κ2) is 5.51. The van der Waals surface area contributed by atoms with Gasteiger partial charge in [0.2, 0.25) is 10.0 Å². The molecule has 0 amide bonds. The normalized spacial score (nSPS) is 11.5. The van der Waals surface area contributed by atoms with Gasteiger partial charge in [0.05, 0.1) is 17.1 Å². The van der Waals surface area contributed by atoms with E-state index in [-0.39, 0.29) is 10.6 Å². The maximum absolute atomic E-state index is 11.4. The summed E-state index contributed by atoms with van der Waals surface area (Å²) in [7, 11) is -1.96. The Kier molecular flexibility index (Phi) is 3.96. The molecule has 0 spiro atoms. The lowest BCUT2D eigenvalue weighted by Crippen LogP contribution is -2.16. The molecule has 108 valence electrons. The smallest absolute Gasteiger partial charge is 0.240 e. The highest BCUT2D eigenvalue weighted by molar-refractivity contribution is 7.89. The molecule has 1 aromatic heterocycles. The maximum Gasteiger partial charge on any atom is 0.240 e. The van der Waals surface area contributed by atoms with Gasteiger partial charge in [0.1, 0.15) is 4.90 Å². The molecule has 1 aromatic carbocycles. The second-order valence-corrected chi connectivity index (χ2v) is 5.95. The number of primary sulfonamides is 1. The van der Waals surface area contributed by atoms with Crippen LogP contribution in [0.1, 0.15) is 5.69 Å². The Morgan fingerprint density at radius 2 is 2.10 bits per heavy atom. The van der Waals surface area contributed by atoms with Crippen molar-refractivity contribution in [2.75, 3.05) is 17.6 Å². The van der Waals surface area contributed by atoms with Crippen molar-refractivity contribution in [1.82, 2.24) is 9.78 Å². The average Bonchev–Trinajstić information content (AvgIpc) is 2.76. The van der Waals surface area contributed by atoms with E-state index < -0.39 is 10.0 Å². The first-order valence-electron chi connectivity index (χ1n) is 6.01. The third-order valence-corrected chi connectivity index (χ3v) is 3.81. The topological polar surface area (TPSA) is 116 Å². The highest BCUT2D eigenvalue weighted by atomic mass is 32.2. The Hall–Kier alpha value is -2.06. The van der Waals surface area contributed by atoms with E-state index in [1.54, 1.807) is 16.8 Å². The molecule has 2 rings (SSSR count). The number of nitrogens with one attached hydrogen (secondary N) is 1. The van der Waals surface area contributed by atoms with Gasteiger partial charge >= 0.3 is 0 Å². The molecule has 8 heteroatoms. The van der Waals surface area contributed by atoms with Gasteiger partial charge in [0, 0.05) is 26.2 Å². The van der Waals surface area contributed by atoms with E-state index in [0.717, 1.165) is 5.69 Å². The monoisotopic (exact) mass is 295 g/mol. The fourth-order valence-electron chi connectivity index (χ4n) is 1.87. The number of aryl methyl sites for hydroxylation is 1. The molecule has 2 aromatic rings. The van der Waals surface area contributed by atoms with Crippen molar-refractivity contribution in [3.05, 3.63) is 36.2 Å². The number of para-hydroxylation sites is 1. The summed E-state index contributed by atoms with van der Waals surface area (Å²) in [5, 5.41) is 12.4. The maximum atomic E-state index is 11.4. The van der Waals surface area contributed by atoms with Gasteiger partial charge in [-0.2, -0.15) is 5.10 Å². The average molecular weight is 295 g/mol.